The molecule has 0 atom stereocenters. The molecule has 1 N–H and O–H groups in total. The van der Waals surface area contributed by atoms with Crippen LogP contribution in [-0.4, -0.2) is 29.0 Å². The number of rotatable bonds is 5. The number of aromatic nitrogens is 2. The number of hydrogen-bond donors (Lipinski definition) is 1. The number of carbonyl (C=O) groups is 1. The van der Waals surface area contributed by atoms with E-state index in [1.807, 2.05) is 43.3 Å². The zero-order chi connectivity index (χ0) is 19.3. The second-order valence-electron chi connectivity index (χ2n) is 7.09. The van der Waals surface area contributed by atoms with Gasteiger partial charge < -0.3 is 10.2 Å². The van der Waals surface area contributed by atoms with E-state index in [9.17, 15) is 4.79 Å². The first-order chi connectivity index (χ1) is 13.7. The maximum atomic E-state index is 12.5. The molecule has 0 bridgehead atoms. The third-order valence-corrected chi connectivity index (χ3v) is 5.84. The molecule has 2 aromatic heterocycles. The summed E-state index contributed by atoms with van der Waals surface area (Å²) in [5.74, 6) is 0.692. The van der Waals surface area contributed by atoms with Gasteiger partial charge in [-0.2, -0.15) is 0 Å². The van der Waals surface area contributed by atoms with Crippen molar-refractivity contribution >= 4 is 23.2 Å². The van der Waals surface area contributed by atoms with Crippen molar-refractivity contribution in [2.75, 3.05) is 18.0 Å². The first-order valence-electron chi connectivity index (χ1n) is 9.71. The van der Waals surface area contributed by atoms with Crippen molar-refractivity contribution in [3.63, 3.8) is 0 Å². The summed E-state index contributed by atoms with van der Waals surface area (Å²) >= 11 is 1.69. The van der Waals surface area contributed by atoms with Crippen molar-refractivity contribution in [3.8, 4) is 10.4 Å². The molecule has 1 saturated heterocycles. The average molecular weight is 393 g/mol. The van der Waals surface area contributed by atoms with E-state index in [1.165, 1.54) is 24.1 Å². The zero-order valence-corrected chi connectivity index (χ0v) is 16.8. The van der Waals surface area contributed by atoms with E-state index in [2.05, 4.69) is 31.6 Å². The zero-order valence-electron chi connectivity index (χ0n) is 16.0. The second-order valence-corrected chi connectivity index (χ2v) is 8.03. The van der Waals surface area contributed by atoms with Gasteiger partial charge in [0.1, 0.15) is 0 Å². The molecule has 3 heterocycles. The molecule has 4 rings (SSSR count). The van der Waals surface area contributed by atoms with Crippen LogP contribution in [0.25, 0.3) is 10.4 Å². The molecule has 6 heteroatoms. The molecule has 5 nitrogen and oxygen atoms in total. The third-order valence-electron chi connectivity index (χ3n) is 4.92. The van der Waals surface area contributed by atoms with E-state index in [0.29, 0.717) is 12.1 Å². The van der Waals surface area contributed by atoms with Gasteiger partial charge in [-0.15, -0.1) is 11.3 Å². The van der Waals surface area contributed by atoms with Crippen molar-refractivity contribution in [1.29, 1.82) is 0 Å². The highest BCUT2D eigenvalue weighted by molar-refractivity contribution is 7.13. The SMILES string of the molecule is Cc1cc(CNC(=O)c2ccc(-c3cccs3)cc2)nc(N2CCCCC2)n1. The average Bonchev–Trinajstić information content (AvgIpc) is 3.27. The Morgan fingerprint density at radius 2 is 1.89 bits per heavy atom. The molecule has 0 spiro atoms. The Labute approximate surface area is 169 Å². The summed E-state index contributed by atoms with van der Waals surface area (Å²) in [6, 6.07) is 13.8. The predicted molar refractivity (Wildman–Crippen MR) is 114 cm³/mol. The fourth-order valence-corrected chi connectivity index (χ4v) is 4.18. The van der Waals surface area contributed by atoms with Gasteiger partial charge in [-0.3, -0.25) is 4.79 Å². The number of nitrogens with zero attached hydrogens (tertiary/aromatic N) is 3. The van der Waals surface area contributed by atoms with E-state index in [4.69, 9.17) is 0 Å². The van der Waals surface area contributed by atoms with Gasteiger partial charge in [0, 0.05) is 29.2 Å². The summed E-state index contributed by atoms with van der Waals surface area (Å²) in [4.78, 5) is 25.2. The molecule has 3 aromatic rings. The molecule has 1 aliphatic heterocycles. The van der Waals surface area contributed by atoms with Crippen molar-refractivity contribution in [3.05, 3.63) is 64.8 Å². The normalized spacial score (nSPS) is 14.1. The van der Waals surface area contributed by atoms with Crippen LogP contribution in [0, 0.1) is 6.92 Å². The number of anilines is 1. The number of hydrogen-bond acceptors (Lipinski definition) is 5. The molecule has 0 unspecified atom stereocenters. The number of carbonyl (C=O) groups excluding carboxylic acids is 1. The number of piperidine rings is 1. The topological polar surface area (TPSA) is 58.1 Å². The molecule has 0 aliphatic carbocycles. The van der Waals surface area contributed by atoms with Crippen LogP contribution >= 0.6 is 11.3 Å². The van der Waals surface area contributed by atoms with Gasteiger partial charge in [0.25, 0.3) is 5.91 Å². The smallest absolute Gasteiger partial charge is 0.251 e. The van der Waals surface area contributed by atoms with Gasteiger partial charge >= 0.3 is 0 Å². The fourth-order valence-electron chi connectivity index (χ4n) is 3.44. The quantitative estimate of drug-likeness (QED) is 0.698. The Hall–Kier alpha value is -2.73. The van der Waals surface area contributed by atoms with E-state index >= 15 is 0 Å². The number of amides is 1. The fraction of sp³-hybridized carbons (Fsp3) is 0.318. The Kier molecular flexibility index (Phi) is 5.67. The summed E-state index contributed by atoms with van der Waals surface area (Å²) in [6.07, 6.45) is 3.65. The van der Waals surface area contributed by atoms with Crippen LogP contribution in [0.3, 0.4) is 0 Å². The van der Waals surface area contributed by atoms with Crippen molar-refractivity contribution < 1.29 is 4.79 Å². The third kappa shape index (κ3) is 4.39. The van der Waals surface area contributed by atoms with Gasteiger partial charge in [0.2, 0.25) is 5.95 Å². The van der Waals surface area contributed by atoms with Crippen LogP contribution in [0.4, 0.5) is 5.95 Å². The maximum Gasteiger partial charge on any atom is 0.251 e. The van der Waals surface area contributed by atoms with Gasteiger partial charge in [0.15, 0.2) is 0 Å². The lowest BCUT2D eigenvalue weighted by Gasteiger charge is -2.27. The van der Waals surface area contributed by atoms with Crippen LogP contribution in [0.15, 0.2) is 47.8 Å². The molecule has 144 valence electrons. The number of aryl methyl sites for hydroxylation is 1. The highest BCUT2D eigenvalue weighted by Crippen LogP contribution is 2.24. The summed E-state index contributed by atoms with van der Waals surface area (Å²) in [7, 11) is 0. The molecule has 0 radical (unpaired) electrons. The molecule has 1 aliphatic rings. The van der Waals surface area contributed by atoms with Gasteiger partial charge in [0.05, 0.1) is 12.2 Å². The van der Waals surface area contributed by atoms with Crippen LogP contribution in [0.1, 0.15) is 41.0 Å². The number of thiophene rings is 1. The number of benzene rings is 1. The Morgan fingerprint density at radius 3 is 2.61 bits per heavy atom. The lowest BCUT2D eigenvalue weighted by Crippen LogP contribution is -2.31. The molecule has 1 aromatic carbocycles. The van der Waals surface area contributed by atoms with Crippen LogP contribution in [0.2, 0.25) is 0 Å². The predicted octanol–water partition coefficient (Wildman–Crippen LogP) is 4.43. The Bertz CT molecular complexity index is 932. The minimum atomic E-state index is -0.0893. The van der Waals surface area contributed by atoms with E-state index < -0.39 is 0 Å². The summed E-state index contributed by atoms with van der Waals surface area (Å²) in [6.45, 7) is 4.39. The second kappa shape index (κ2) is 8.52. The summed E-state index contributed by atoms with van der Waals surface area (Å²) < 4.78 is 0. The minimum Gasteiger partial charge on any atom is -0.346 e. The largest absolute Gasteiger partial charge is 0.346 e. The Morgan fingerprint density at radius 1 is 1.11 bits per heavy atom. The van der Waals surface area contributed by atoms with Crippen LogP contribution < -0.4 is 10.2 Å². The molecular weight excluding hydrogens is 368 g/mol. The first-order valence-corrected chi connectivity index (χ1v) is 10.6. The highest BCUT2D eigenvalue weighted by Gasteiger charge is 2.15. The monoisotopic (exact) mass is 392 g/mol. The van der Waals surface area contributed by atoms with Crippen LogP contribution in [0.5, 0.6) is 0 Å². The van der Waals surface area contributed by atoms with E-state index in [1.54, 1.807) is 11.3 Å². The minimum absolute atomic E-state index is 0.0893. The lowest BCUT2D eigenvalue weighted by molar-refractivity contribution is 0.0950. The van der Waals surface area contributed by atoms with E-state index in [-0.39, 0.29) is 5.91 Å². The number of nitrogens with one attached hydrogen (secondary N) is 1. The molecule has 28 heavy (non-hydrogen) atoms. The summed E-state index contributed by atoms with van der Waals surface area (Å²) in [5, 5.41) is 5.04. The summed E-state index contributed by atoms with van der Waals surface area (Å²) in [5.41, 5.74) is 3.56. The maximum absolute atomic E-state index is 12.5. The van der Waals surface area contributed by atoms with Crippen molar-refractivity contribution in [1.82, 2.24) is 15.3 Å². The van der Waals surface area contributed by atoms with Gasteiger partial charge in [-0.25, -0.2) is 9.97 Å². The molecule has 1 fully saturated rings. The molecular formula is C22H24N4OS. The highest BCUT2D eigenvalue weighted by atomic mass is 32.1. The molecule has 0 saturated carbocycles. The molecule has 1 amide bonds. The van der Waals surface area contributed by atoms with Crippen LogP contribution in [-0.2, 0) is 6.54 Å². The van der Waals surface area contributed by atoms with Crippen molar-refractivity contribution in [2.45, 2.75) is 32.7 Å². The van der Waals surface area contributed by atoms with Crippen molar-refractivity contribution in [2.24, 2.45) is 0 Å². The van der Waals surface area contributed by atoms with Gasteiger partial charge in [-0.05, 0) is 61.4 Å². The lowest BCUT2D eigenvalue weighted by atomic mass is 10.1. The standard InChI is InChI=1S/C22H24N4OS/c1-16-14-19(25-22(24-16)26-11-3-2-4-12-26)15-23-21(27)18-9-7-17(8-10-18)20-6-5-13-28-20/h5-10,13-14H,2-4,11-12,15H2,1H3,(H,23,27). The first kappa shape index (κ1) is 18.6. The Balaban J connectivity index is 1.41. The van der Waals surface area contributed by atoms with E-state index in [0.717, 1.165) is 36.0 Å². The van der Waals surface area contributed by atoms with Gasteiger partial charge in [-0.1, -0.05) is 18.2 Å².